The summed E-state index contributed by atoms with van der Waals surface area (Å²) in [6.07, 6.45) is 1.46. The molecule has 3 rings (SSSR count). The van der Waals surface area contributed by atoms with Crippen LogP contribution in [0.1, 0.15) is 17.7 Å². The summed E-state index contributed by atoms with van der Waals surface area (Å²) in [5.74, 6) is -2.41. The van der Waals surface area contributed by atoms with Gasteiger partial charge in [0, 0.05) is 12.7 Å². The Hall–Kier alpha value is -3.37. The lowest BCUT2D eigenvalue weighted by molar-refractivity contribution is -0.144. The van der Waals surface area contributed by atoms with E-state index in [2.05, 4.69) is 9.71 Å². The van der Waals surface area contributed by atoms with Gasteiger partial charge in [0.25, 0.3) is 0 Å². The lowest BCUT2D eigenvalue weighted by Gasteiger charge is -2.09. The standard InChI is InChI=1S/C22H20F2N2O5S/c23-20-9-8-19(13-21(20)24)32(28,29)26-12-10-22(27)31-14-16-4-6-18(7-5-16)30-15-17-3-1-2-11-25-17/h1-9,11,13,26H,10,12,14-15H2. The maximum absolute atomic E-state index is 13.2. The van der Waals surface area contributed by atoms with E-state index in [1.807, 2.05) is 18.2 Å². The Balaban J connectivity index is 1.40. The van der Waals surface area contributed by atoms with E-state index in [9.17, 15) is 22.0 Å². The second-order valence-electron chi connectivity index (χ2n) is 6.64. The zero-order valence-electron chi connectivity index (χ0n) is 16.8. The van der Waals surface area contributed by atoms with Gasteiger partial charge in [-0.3, -0.25) is 9.78 Å². The molecule has 1 aromatic heterocycles. The van der Waals surface area contributed by atoms with Gasteiger partial charge in [-0.1, -0.05) is 18.2 Å². The molecule has 0 fully saturated rings. The van der Waals surface area contributed by atoms with Crippen molar-refractivity contribution in [2.75, 3.05) is 6.54 Å². The average Bonchev–Trinajstić information content (AvgIpc) is 2.79. The number of halogens is 2. The molecule has 0 saturated carbocycles. The van der Waals surface area contributed by atoms with Gasteiger partial charge in [0.2, 0.25) is 10.0 Å². The van der Waals surface area contributed by atoms with Crippen LogP contribution in [0.25, 0.3) is 0 Å². The highest BCUT2D eigenvalue weighted by atomic mass is 32.2. The van der Waals surface area contributed by atoms with Crippen LogP contribution in [0.5, 0.6) is 5.75 Å². The number of ether oxygens (including phenoxy) is 2. The largest absolute Gasteiger partial charge is 0.487 e. The topological polar surface area (TPSA) is 94.6 Å². The van der Waals surface area contributed by atoms with Gasteiger partial charge >= 0.3 is 5.97 Å². The van der Waals surface area contributed by atoms with Crippen LogP contribution in [-0.4, -0.2) is 25.9 Å². The molecule has 1 N–H and O–H groups in total. The molecule has 3 aromatic rings. The maximum Gasteiger partial charge on any atom is 0.307 e. The molecule has 0 aliphatic rings. The third-order valence-corrected chi connectivity index (χ3v) is 5.72. The number of hydrogen-bond donors (Lipinski definition) is 1. The number of aromatic nitrogens is 1. The van der Waals surface area contributed by atoms with Crippen molar-refractivity contribution in [3.63, 3.8) is 0 Å². The first-order valence-corrected chi connectivity index (χ1v) is 11.0. The van der Waals surface area contributed by atoms with Crippen LogP contribution >= 0.6 is 0 Å². The Kier molecular flexibility index (Phi) is 7.85. The van der Waals surface area contributed by atoms with Crippen LogP contribution in [0.3, 0.4) is 0 Å². The van der Waals surface area contributed by atoms with Gasteiger partial charge in [0.15, 0.2) is 11.6 Å². The number of nitrogens with one attached hydrogen (secondary N) is 1. The molecular formula is C22H20F2N2O5S. The highest BCUT2D eigenvalue weighted by Gasteiger charge is 2.17. The molecule has 0 bridgehead atoms. The van der Waals surface area contributed by atoms with Crippen molar-refractivity contribution in [3.05, 3.63) is 89.8 Å². The fourth-order valence-electron chi connectivity index (χ4n) is 2.57. The predicted octanol–water partition coefficient (Wildman–Crippen LogP) is 3.35. The van der Waals surface area contributed by atoms with Crippen LogP contribution < -0.4 is 9.46 Å². The summed E-state index contributed by atoms with van der Waals surface area (Å²) in [5.41, 5.74) is 1.52. The number of sulfonamides is 1. The van der Waals surface area contributed by atoms with E-state index in [1.165, 1.54) is 0 Å². The zero-order valence-corrected chi connectivity index (χ0v) is 17.6. The number of pyridine rings is 1. The van der Waals surface area contributed by atoms with Crippen molar-refractivity contribution in [1.82, 2.24) is 9.71 Å². The Morgan fingerprint density at radius 2 is 1.75 bits per heavy atom. The van der Waals surface area contributed by atoms with Gasteiger partial charge < -0.3 is 9.47 Å². The first kappa shape index (κ1) is 23.3. The molecule has 0 radical (unpaired) electrons. The molecule has 168 valence electrons. The second-order valence-corrected chi connectivity index (χ2v) is 8.41. The van der Waals surface area contributed by atoms with Gasteiger partial charge in [-0.2, -0.15) is 0 Å². The Bertz CT molecular complexity index is 1160. The second kappa shape index (κ2) is 10.8. The van der Waals surface area contributed by atoms with E-state index in [0.29, 0.717) is 24.5 Å². The van der Waals surface area contributed by atoms with Crippen LogP contribution in [-0.2, 0) is 32.8 Å². The molecule has 1 heterocycles. The average molecular weight is 462 g/mol. The SMILES string of the molecule is O=C(CCNS(=O)(=O)c1ccc(F)c(F)c1)OCc1ccc(OCc2ccccn2)cc1. The minimum Gasteiger partial charge on any atom is -0.487 e. The molecule has 10 heteroatoms. The summed E-state index contributed by atoms with van der Waals surface area (Å²) in [4.78, 5) is 15.6. The highest BCUT2D eigenvalue weighted by Crippen LogP contribution is 2.15. The number of carbonyl (C=O) groups is 1. The minimum absolute atomic E-state index is 0.00920. The van der Waals surface area contributed by atoms with E-state index < -0.39 is 32.5 Å². The Morgan fingerprint density at radius 1 is 0.969 bits per heavy atom. The first-order valence-electron chi connectivity index (χ1n) is 9.55. The molecule has 0 amide bonds. The summed E-state index contributed by atoms with van der Waals surface area (Å²) in [7, 11) is -4.08. The highest BCUT2D eigenvalue weighted by molar-refractivity contribution is 7.89. The molecule has 0 atom stereocenters. The molecule has 0 spiro atoms. The molecule has 32 heavy (non-hydrogen) atoms. The van der Waals surface area contributed by atoms with E-state index in [4.69, 9.17) is 9.47 Å². The summed E-state index contributed by atoms with van der Waals surface area (Å²) >= 11 is 0. The molecule has 0 aliphatic heterocycles. The summed E-state index contributed by atoms with van der Waals surface area (Å²) in [5, 5.41) is 0. The molecule has 2 aromatic carbocycles. The van der Waals surface area contributed by atoms with Crippen molar-refractivity contribution in [3.8, 4) is 5.75 Å². The molecule has 0 unspecified atom stereocenters. The van der Waals surface area contributed by atoms with E-state index in [-0.39, 0.29) is 19.6 Å². The van der Waals surface area contributed by atoms with Crippen LogP contribution in [0.4, 0.5) is 8.78 Å². The van der Waals surface area contributed by atoms with Gasteiger partial charge in [-0.05, 0) is 48.0 Å². The zero-order chi connectivity index (χ0) is 23.0. The number of hydrogen-bond acceptors (Lipinski definition) is 6. The van der Waals surface area contributed by atoms with Crippen molar-refractivity contribution in [1.29, 1.82) is 0 Å². The van der Waals surface area contributed by atoms with Crippen molar-refractivity contribution in [2.45, 2.75) is 24.5 Å². The van der Waals surface area contributed by atoms with E-state index in [1.54, 1.807) is 30.5 Å². The van der Waals surface area contributed by atoms with Crippen LogP contribution in [0.2, 0.25) is 0 Å². The number of carbonyl (C=O) groups excluding carboxylic acids is 1. The van der Waals surface area contributed by atoms with Gasteiger partial charge in [-0.15, -0.1) is 0 Å². The van der Waals surface area contributed by atoms with E-state index >= 15 is 0 Å². The molecule has 0 aliphatic carbocycles. The number of rotatable bonds is 10. The lowest BCUT2D eigenvalue weighted by atomic mass is 10.2. The van der Waals surface area contributed by atoms with E-state index in [0.717, 1.165) is 17.3 Å². The fraction of sp³-hybridized carbons (Fsp3) is 0.182. The quantitative estimate of drug-likeness (QED) is 0.465. The summed E-state index contributed by atoms with van der Waals surface area (Å²) in [6.45, 7) is 0.0887. The molecule has 7 nitrogen and oxygen atoms in total. The number of benzene rings is 2. The van der Waals surface area contributed by atoms with Crippen LogP contribution in [0, 0.1) is 11.6 Å². The smallest absolute Gasteiger partial charge is 0.307 e. The van der Waals surface area contributed by atoms with Crippen LogP contribution in [0.15, 0.2) is 71.8 Å². The number of esters is 1. The van der Waals surface area contributed by atoms with Gasteiger partial charge in [0.05, 0.1) is 17.0 Å². The minimum atomic E-state index is -4.08. The third kappa shape index (κ3) is 6.82. The molecule has 0 saturated heterocycles. The number of nitrogens with zero attached hydrogens (tertiary/aromatic N) is 1. The summed E-state index contributed by atoms with van der Waals surface area (Å²) in [6, 6.07) is 14.7. The monoisotopic (exact) mass is 462 g/mol. The fourth-order valence-corrected chi connectivity index (χ4v) is 3.62. The van der Waals surface area contributed by atoms with Crippen molar-refractivity contribution >= 4 is 16.0 Å². The lowest BCUT2D eigenvalue weighted by Crippen LogP contribution is -2.27. The van der Waals surface area contributed by atoms with Gasteiger partial charge in [0.1, 0.15) is 19.0 Å². The van der Waals surface area contributed by atoms with Gasteiger partial charge in [-0.25, -0.2) is 21.9 Å². The molecular weight excluding hydrogens is 442 g/mol. The van der Waals surface area contributed by atoms with Crippen molar-refractivity contribution < 1.29 is 31.5 Å². The predicted molar refractivity (Wildman–Crippen MR) is 111 cm³/mol. The summed E-state index contributed by atoms with van der Waals surface area (Å²) < 4.78 is 63.2. The Morgan fingerprint density at radius 3 is 2.44 bits per heavy atom. The Labute approximate surface area is 184 Å². The first-order chi connectivity index (χ1) is 15.3. The maximum atomic E-state index is 13.2. The normalized spacial score (nSPS) is 11.2. The third-order valence-electron chi connectivity index (χ3n) is 4.26. The van der Waals surface area contributed by atoms with Crippen molar-refractivity contribution in [2.24, 2.45) is 0 Å².